The average molecular weight is 374 g/mol. The molecule has 1 saturated heterocycles. The lowest BCUT2D eigenvalue weighted by atomic mass is 10.1. The molecule has 24 heavy (non-hydrogen) atoms. The fraction of sp³-hybridized carbons (Fsp3) is 0.533. The number of rotatable bonds is 5. The summed E-state index contributed by atoms with van der Waals surface area (Å²) in [5.41, 5.74) is 0.240. The number of hydrogen-bond donors (Lipinski definition) is 0. The number of carbonyl (C=O) groups is 1. The van der Waals surface area contributed by atoms with Gasteiger partial charge in [-0.15, -0.1) is 0 Å². The zero-order valence-corrected chi connectivity index (χ0v) is 15.6. The highest BCUT2D eigenvalue weighted by atomic mass is 32.2. The normalized spacial score (nSPS) is 20.2. The molecular formula is C15H22N2O5S2. The first-order valence-corrected chi connectivity index (χ1v) is 10.9. The first kappa shape index (κ1) is 18.9. The first-order valence-electron chi connectivity index (χ1n) is 7.62. The van der Waals surface area contributed by atoms with Gasteiger partial charge < -0.3 is 4.90 Å². The van der Waals surface area contributed by atoms with E-state index < -0.39 is 19.9 Å². The summed E-state index contributed by atoms with van der Waals surface area (Å²) >= 11 is 0. The Morgan fingerprint density at radius 1 is 1.29 bits per heavy atom. The first-order chi connectivity index (χ1) is 11.1. The van der Waals surface area contributed by atoms with Gasteiger partial charge in [0.25, 0.3) is 5.91 Å². The molecule has 1 heterocycles. The van der Waals surface area contributed by atoms with E-state index in [-0.39, 0.29) is 33.9 Å². The Morgan fingerprint density at radius 2 is 1.96 bits per heavy atom. The van der Waals surface area contributed by atoms with E-state index in [4.69, 9.17) is 0 Å². The fourth-order valence-electron chi connectivity index (χ4n) is 2.76. The molecule has 2 rings (SSSR count). The van der Waals surface area contributed by atoms with Crippen molar-refractivity contribution < 1.29 is 21.6 Å². The van der Waals surface area contributed by atoms with Crippen LogP contribution in [0.1, 0.15) is 23.7 Å². The van der Waals surface area contributed by atoms with Crippen molar-refractivity contribution in [1.29, 1.82) is 0 Å². The molecule has 134 valence electrons. The van der Waals surface area contributed by atoms with Crippen molar-refractivity contribution in [1.82, 2.24) is 9.21 Å². The summed E-state index contributed by atoms with van der Waals surface area (Å²) < 4.78 is 48.8. The van der Waals surface area contributed by atoms with Crippen LogP contribution in [0.15, 0.2) is 29.2 Å². The molecule has 1 aromatic carbocycles. The maximum Gasteiger partial charge on any atom is 0.254 e. The Bertz CT molecular complexity index is 831. The van der Waals surface area contributed by atoms with Gasteiger partial charge in [-0.1, -0.05) is 6.07 Å². The SMILES string of the molecule is CCN(C(=O)c1cccc(S(=O)(=O)N(C)C)c1)C1CCS(=O)(=O)C1. The van der Waals surface area contributed by atoms with Gasteiger partial charge in [-0.3, -0.25) is 4.79 Å². The van der Waals surface area contributed by atoms with E-state index in [0.29, 0.717) is 13.0 Å². The number of hydrogen-bond acceptors (Lipinski definition) is 5. The molecule has 1 aliphatic rings. The van der Waals surface area contributed by atoms with Gasteiger partial charge in [0.2, 0.25) is 10.0 Å². The molecule has 0 bridgehead atoms. The van der Waals surface area contributed by atoms with Crippen molar-refractivity contribution in [2.45, 2.75) is 24.3 Å². The number of nitrogens with zero attached hydrogens (tertiary/aromatic N) is 2. The number of sulfone groups is 1. The van der Waals surface area contributed by atoms with E-state index in [2.05, 4.69) is 0 Å². The van der Waals surface area contributed by atoms with Gasteiger partial charge in [0.1, 0.15) is 0 Å². The smallest absolute Gasteiger partial charge is 0.254 e. The fourth-order valence-corrected chi connectivity index (χ4v) is 5.43. The van der Waals surface area contributed by atoms with E-state index in [1.54, 1.807) is 13.0 Å². The molecule has 0 radical (unpaired) electrons. The van der Waals surface area contributed by atoms with Gasteiger partial charge in [-0.25, -0.2) is 21.1 Å². The quantitative estimate of drug-likeness (QED) is 0.752. The zero-order valence-electron chi connectivity index (χ0n) is 14.0. The predicted octanol–water partition coefficient (Wildman–Crippen LogP) is 0.586. The Kier molecular flexibility index (Phi) is 5.36. The number of benzene rings is 1. The lowest BCUT2D eigenvalue weighted by Crippen LogP contribution is -2.41. The van der Waals surface area contributed by atoms with Gasteiger partial charge >= 0.3 is 0 Å². The highest BCUT2D eigenvalue weighted by molar-refractivity contribution is 7.91. The monoisotopic (exact) mass is 374 g/mol. The van der Waals surface area contributed by atoms with Crippen LogP contribution in [0.4, 0.5) is 0 Å². The molecule has 1 aliphatic heterocycles. The summed E-state index contributed by atoms with van der Waals surface area (Å²) in [6, 6.07) is 5.47. The maximum absolute atomic E-state index is 12.7. The molecule has 0 spiro atoms. The minimum atomic E-state index is -3.64. The highest BCUT2D eigenvalue weighted by Gasteiger charge is 2.34. The molecule has 7 nitrogen and oxygen atoms in total. The Labute approximate surface area is 143 Å². The summed E-state index contributed by atoms with van der Waals surface area (Å²) in [6.45, 7) is 2.15. The number of carbonyl (C=O) groups excluding carboxylic acids is 1. The standard InChI is InChI=1S/C15H22N2O5S2/c1-4-17(13-8-9-23(19,20)11-13)15(18)12-6-5-7-14(10-12)24(21,22)16(2)3/h5-7,10,13H,4,8-9,11H2,1-3H3. The van der Waals surface area contributed by atoms with Crippen LogP contribution in [0.2, 0.25) is 0 Å². The van der Waals surface area contributed by atoms with Gasteiger partial charge in [-0.2, -0.15) is 0 Å². The summed E-state index contributed by atoms with van der Waals surface area (Å²) in [4.78, 5) is 14.3. The van der Waals surface area contributed by atoms with E-state index in [1.165, 1.54) is 37.2 Å². The van der Waals surface area contributed by atoms with Crippen LogP contribution in [0.3, 0.4) is 0 Å². The molecule has 1 fully saturated rings. The van der Waals surface area contributed by atoms with Crippen molar-refractivity contribution in [2.75, 3.05) is 32.1 Å². The van der Waals surface area contributed by atoms with Crippen molar-refractivity contribution in [2.24, 2.45) is 0 Å². The van der Waals surface area contributed by atoms with Crippen LogP contribution in [-0.2, 0) is 19.9 Å². The molecular weight excluding hydrogens is 352 g/mol. The number of sulfonamides is 1. The third kappa shape index (κ3) is 3.79. The Morgan fingerprint density at radius 3 is 2.46 bits per heavy atom. The molecule has 1 aromatic rings. The molecule has 9 heteroatoms. The Balaban J connectivity index is 2.32. The molecule has 0 saturated carbocycles. The van der Waals surface area contributed by atoms with E-state index in [9.17, 15) is 21.6 Å². The minimum absolute atomic E-state index is 0.0356. The third-order valence-electron chi connectivity index (χ3n) is 4.11. The summed E-state index contributed by atoms with van der Waals surface area (Å²) in [5.74, 6) is -0.311. The molecule has 0 aliphatic carbocycles. The van der Waals surface area contributed by atoms with Crippen LogP contribution in [0, 0.1) is 0 Å². The second kappa shape index (κ2) is 6.81. The van der Waals surface area contributed by atoms with Crippen molar-refractivity contribution in [3.8, 4) is 0 Å². The molecule has 1 atom stereocenters. The van der Waals surface area contributed by atoms with Gasteiger partial charge in [0, 0.05) is 32.2 Å². The third-order valence-corrected chi connectivity index (χ3v) is 7.67. The van der Waals surface area contributed by atoms with Crippen LogP contribution in [-0.4, -0.2) is 70.1 Å². The van der Waals surface area contributed by atoms with Crippen molar-refractivity contribution >= 4 is 25.8 Å². The average Bonchev–Trinajstić information content (AvgIpc) is 2.87. The largest absolute Gasteiger partial charge is 0.335 e. The van der Waals surface area contributed by atoms with Crippen LogP contribution < -0.4 is 0 Å². The minimum Gasteiger partial charge on any atom is -0.335 e. The zero-order chi connectivity index (χ0) is 18.1. The van der Waals surface area contributed by atoms with E-state index in [1.807, 2.05) is 0 Å². The van der Waals surface area contributed by atoms with Gasteiger partial charge in [0.05, 0.1) is 16.4 Å². The Hall–Kier alpha value is -1.45. The van der Waals surface area contributed by atoms with Crippen molar-refractivity contribution in [3.63, 3.8) is 0 Å². The summed E-state index contributed by atoms with van der Waals surface area (Å²) in [7, 11) is -3.90. The summed E-state index contributed by atoms with van der Waals surface area (Å²) in [5, 5.41) is 0. The van der Waals surface area contributed by atoms with Crippen LogP contribution >= 0.6 is 0 Å². The maximum atomic E-state index is 12.7. The van der Waals surface area contributed by atoms with E-state index >= 15 is 0 Å². The van der Waals surface area contributed by atoms with Crippen LogP contribution in [0.5, 0.6) is 0 Å². The highest BCUT2D eigenvalue weighted by Crippen LogP contribution is 2.21. The molecule has 1 amide bonds. The molecule has 0 N–H and O–H groups in total. The van der Waals surface area contributed by atoms with Crippen molar-refractivity contribution in [3.05, 3.63) is 29.8 Å². The number of amides is 1. The second-order valence-electron chi connectivity index (χ2n) is 5.96. The predicted molar refractivity (Wildman–Crippen MR) is 91.1 cm³/mol. The molecule has 0 aromatic heterocycles. The van der Waals surface area contributed by atoms with Gasteiger partial charge in [-0.05, 0) is 31.5 Å². The van der Waals surface area contributed by atoms with E-state index in [0.717, 1.165) is 4.31 Å². The van der Waals surface area contributed by atoms with Gasteiger partial charge in [0.15, 0.2) is 9.84 Å². The van der Waals surface area contributed by atoms with Crippen LogP contribution in [0.25, 0.3) is 0 Å². The topological polar surface area (TPSA) is 91.8 Å². The second-order valence-corrected chi connectivity index (χ2v) is 10.3. The lowest BCUT2D eigenvalue weighted by molar-refractivity contribution is 0.0708. The summed E-state index contributed by atoms with van der Waals surface area (Å²) in [6.07, 6.45) is 0.414. The lowest BCUT2D eigenvalue weighted by Gasteiger charge is -2.27. The molecule has 1 unspecified atom stereocenters.